The lowest BCUT2D eigenvalue weighted by Crippen LogP contribution is -2.28. The molecule has 78 valence electrons. The van der Waals surface area contributed by atoms with E-state index >= 15 is 0 Å². The standard InChI is InChI=1S/C10H11Cl2N.ClH/c1-6-10-7(2-3-13-6)4-8(11)5-9(10)12;/h4-6,13H,2-3H2,1H3;1H. The van der Waals surface area contributed by atoms with Gasteiger partial charge in [0.05, 0.1) is 0 Å². The Bertz CT molecular complexity index is 338. The minimum atomic E-state index is 0. The fraction of sp³-hybridized carbons (Fsp3) is 0.400. The monoisotopic (exact) mass is 251 g/mol. The topological polar surface area (TPSA) is 12.0 Å². The molecule has 1 N–H and O–H groups in total. The first-order chi connectivity index (χ1) is 6.18. The first-order valence-corrected chi connectivity index (χ1v) is 5.15. The molecule has 1 aliphatic heterocycles. The number of fused-ring (bicyclic) bond motifs is 1. The van der Waals surface area contributed by atoms with Crippen molar-refractivity contribution in [1.82, 2.24) is 5.32 Å². The van der Waals surface area contributed by atoms with Crippen molar-refractivity contribution in [2.75, 3.05) is 6.54 Å². The normalized spacial score (nSPS) is 19.8. The number of hydrogen-bond acceptors (Lipinski definition) is 1. The summed E-state index contributed by atoms with van der Waals surface area (Å²) >= 11 is 12.0. The molecule has 0 amide bonds. The van der Waals surface area contributed by atoms with E-state index in [4.69, 9.17) is 23.2 Å². The second kappa shape index (κ2) is 4.71. The summed E-state index contributed by atoms with van der Waals surface area (Å²) < 4.78 is 0. The second-order valence-electron chi connectivity index (χ2n) is 3.39. The van der Waals surface area contributed by atoms with E-state index in [0.717, 1.165) is 23.0 Å². The van der Waals surface area contributed by atoms with Crippen LogP contribution in [0.1, 0.15) is 24.1 Å². The van der Waals surface area contributed by atoms with Gasteiger partial charge in [0.2, 0.25) is 0 Å². The van der Waals surface area contributed by atoms with Gasteiger partial charge in [-0.2, -0.15) is 0 Å². The molecule has 1 aromatic carbocycles. The Morgan fingerprint density at radius 3 is 2.79 bits per heavy atom. The van der Waals surface area contributed by atoms with E-state index in [1.54, 1.807) is 0 Å². The summed E-state index contributed by atoms with van der Waals surface area (Å²) in [5.41, 5.74) is 2.49. The quantitative estimate of drug-likeness (QED) is 0.744. The average Bonchev–Trinajstić information content (AvgIpc) is 2.02. The number of halogens is 3. The van der Waals surface area contributed by atoms with Crippen molar-refractivity contribution in [2.24, 2.45) is 0 Å². The maximum absolute atomic E-state index is 6.12. The lowest BCUT2D eigenvalue weighted by atomic mass is 9.95. The van der Waals surface area contributed by atoms with Gasteiger partial charge in [0, 0.05) is 16.1 Å². The largest absolute Gasteiger partial charge is 0.310 e. The summed E-state index contributed by atoms with van der Waals surface area (Å²) in [7, 11) is 0. The third-order valence-electron chi connectivity index (χ3n) is 2.46. The fourth-order valence-electron chi connectivity index (χ4n) is 1.86. The van der Waals surface area contributed by atoms with Crippen LogP contribution >= 0.6 is 35.6 Å². The molecular weight excluding hydrogens is 240 g/mol. The van der Waals surface area contributed by atoms with E-state index in [9.17, 15) is 0 Å². The Hall–Kier alpha value is 0.0500. The summed E-state index contributed by atoms with van der Waals surface area (Å²) in [5, 5.41) is 4.88. The van der Waals surface area contributed by atoms with Gasteiger partial charge in [-0.25, -0.2) is 0 Å². The SMILES string of the molecule is CC1NCCc2cc(Cl)cc(Cl)c21.Cl. The summed E-state index contributed by atoms with van der Waals surface area (Å²) in [6, 6.07) is 4.17. The van der Waals surface area contributed by atoms with Gasteiger partial charge in [-0.05, 0) is 43.1 Å². The highest BCUT2D eigenvalue weighted by Crippen LogP contribution is 2.32. The van der Waals surface area contributed by atoms with E-state index < -0.39 is 0 Å². The van der Waals surface area contributed by atoms with Crippen LogP contribution < -0.4 is 5.32 Å². The summed E-state index contributed by atoms with van der Waals surface area (Å²) in [6.45, 7) is 3.13. The van der Waals surface area contributed by atoms with Gasteiger partial charge in [-0.1, -0.05) is 23.2 Å². The lowest BCUT2D eigenvalue weighted by molar-refractivity contribution is 0.541. The van der Waals surface area contributed by atoms with E-state index in [2.05, 4.69) is 12.2 Å². The number of rotatable bonds is 0. The predicted octanol–water partition coefficient (Wildman–Crippen LogP) is 3.62. The maximum Gasteiger partial charge on any atom is 0.0471 e. The van der Waals surface area contributed by atoms with Crippen LogP contribution in [0, 0.1) is 0 Å². The van der Waals surface area contributed by atoms with E-state index in [1.807, 2.05) is 12.1 Å². The summed E-state index contributed by atoms with van der Waals surface area (Å²) in [6.07, 6.45) is 1.01. The zero-order valence-corrected chi connectivity index (χ0v) is 10.1. The minimum absolute atomic E-state index is 0. The Balaban J connectivity index is 0.000000980. The molecule has 2 rings (SSSR count). The van der Waals surface area contributed by atoms with Crippen LogP contribution in [-0.2, 0) is 6.42 Å². The van der Waals surface area contributed by atoms with Crippen LogP contribution in [0.3, 0.4) is 0 Å². The van der Waals surface area contributed by atoms with Gasteiger partial charge in [0.1, 0.15) is 0 Å². The molecule has 0 aromatic heterocycles. The van der Waals surface area contributed by atoms with Crippen molar-refractivity contribution in [3.05, 3.63) is 33.3 Å². The highest BCUT2D eigenvalue weighted by molar-refractivity contribution is 6.35. The molecule has 14 heavy (non-hydrogen) atoms. The molecule has 1 aliphatic rings. The first kappa shape index (κ1) is 12.1. The second-order valence-corrected chi connectivity index (χ2v) is 4.23. The van der Waals surface area contributed by atoms with Gasteiger partial charge in [0.25, 0.3) is 0 Å². The highest BCUT2D eigenvalue weighted by Gasteiger charge is 2.18. The van der Waals surface area contributed by atoms with E-state index in [-0.39, 0.29) is 12.4 Å². The van der Waals surface area contributed by atoms with E-state index in [1.165, 1.54) is 11.1 Å². The Labute approximate surface area is 100 Å². The van der Waals surface area contributed by atoms with Crippen LogP contribution in [-0.4, -0.2) is 6.54 Å². The van der Waals surface area contributed by atoms with Gasteiger partial charge in [-0.15, -0.1) is 12.4 Å². The summed E-state index contributed by atoms with van der Waals surface area (Å²) in [4.78, 5) is 0. The number of hydrogen-bond donors (Lipinski definition) is 1. The van der Waals surface area contributed by atoms with E-state index in [0.29, 0.717) is 6.04 Å². The Morgan fingerprint density at radius 1 is 1.36 bits per heavy atom. The number of benzene rings is 1. The molecular formula is C10H12Cl3N. The molecule has 1 atom stereocenters. The molecule has 4 heteroatoms. The van der Waals surface area contributed by atoms with Crippen molar-refractivity contribution >= 4 is 35.6 Å². The van der Waals surface area contributed by atoms with Gasteiger partial charge in [-0.3, -0.25) is 0 Å². The van der Waals surface area contributed by atoms with Gasteiger partial charge in [0.15, 0.2) is 0 Å². The number of nitrogens with one attached hydrogen (secondary N) is 1. The molecule has 0 bridgehead atoms. The third kappa shape index (κ3) is 2.17. The van der Waals surface area contributed by atoms with Gasteiger partial charge >= 0.3 is 0 Å². The fourth-order valence-corrected chi connectivity index (χ4v) is 2.55. The minimum Gasteiger partial charge on any atom is -0.310 e. The van der Waals surface area contributed by atoms with Crippen molar-refractivity contribution < 1.29 is 0 Å². The maximum atomic E-state index is 6.12. The lowest BCUT2D eigenvalue weighted by Gasteiger charge is -2.25. The van der Waals surface area contributed by atoms with Crippen molar-refractivity contribution in [1.29, 1.82) is 0 Å². The van der Waals surface area contributed by atoms with Crippen LogP contribution in [0.5, 0.6) is 0 Å². The molecule has 0 spiro atoms. The van der Waals surface area contributed by atoms with Crippen LogP contribution in [0.25, 0.3) is 0 Å². The Kier molecular flexibility index (Phi) is 4.08. The highest BCUT2D eigenvalue weighted by atomic mass is 35.5. The molecule has 0 radical (unpaired) electrons. The third-order valence-corrected chi connectivity index (χ3v) is 2.99. The molecule has 0 fully saturated rings. The zero-order chi connectivity index (χ0) is 9.42. The summed E-state index contributed by atoms with van der Waals surface area (Å²) in [5.74, 6) is 0. The zero-order valence-electron chi connectivity index (χ0n) is 7.81. The molecule has 1 heterocycles. The smallest absolute Gasteiger partial charge is 0.0471 e. The Morgan fingerprint density at radius 2 is 2.07 bits per heavy atom. The van der Waals surface area contributed by atoms with Crippen LogP contribution in [0.15, 0.2) is 12.1 Å². The molecule has 1 aromatic rings. The van der Waals surface area contributed by atoms with Crippen LogP contribution in [0.4, 0.5) is 0 Å². The first-order valence-electron chi connectivity index (χ1n) is 4.39. The van der Waals surface area contributed by atoms with Gasteiger partial charge < -0.3 is 5.32 Å². The van der Waals surface area contributed by atoms with Crippen molar-refractivity contribution in [2.45, 2.75) is 19.4 Å². The average molecular weight is 253 g/mol. The molecule has 1 unspecified atom stereocenters. The molecule has 0 saturated heterocycles. The van der Waals surface area contributed by atoms with Crippen molar-refractivity contribution in [3.8, 4) is 0 Å². The molecule has 1 nitrogen and oxygen atoms in total. The molecule has 0 aliphatic carbocycles. The van der Waals surface area contributed by atoms with Crippen LogP contribution in [0.2, 0.25) is 10.0 Å². The molecule has 0 saturated carbocycles. The van der Waals surface area contributed by atoms with Crippen molar-refractivity contribution in [3.63, 3.8) is 0 Å². The predicted molar refractivity (Wildman–Crippen MR) is 63.8 cm³/mol.